The first-order valence-corrected chi connectivity index (χ1v) is 7.61. The first-order chi connectivity index (χ1) is 9.49. The molecule has 0 fully saturated rings. The molecule has 0 bridgehead atoms. The van der Waals surface area contributed by atoms with Gasteiger partial charge < -0.3 is 10.1 Å². The maximum atomic E-state index is 11.9. The largest absolute Gasteiger partial charge is 0.482 e. The van der Waals surface area contributed by atoms with E-state index in [0.29, 0.717) is 4.47 Å². The van der Waals surface area contributed by atoms with Crippen molar-refractivity contribution in [2.45, 2.75) is 11.1 Å². The van der Waals surface area contributed by atoms with Crippen LogP contribution in [-0.2, 0) is 14.8 Å². The number of amides is 1. The van der Waals surface area contributed by atoms with Crippen LogP contribution < -0.4 is 15.2 Å². The number of carbonyl (C=O) groups excluding carboxylic acids is 1. The molecule has 0 aliphatic carbocycles. The number of primary sulfonamides is 1. The Bertz CT molecular complexity index is 634. The Morgan fingerprint density at radius 2 is 2.00 bits per heavy atom. The zero-order valence-corrected chi connectivity index (χ0v) is 12.7. The Labute approximate surface area is 126 Å². The average Bonchev–Trinajstić information content (AvgIpc) is 2.32. The van der Waals surface area contributed by atoms with Gasteiger partial charge in [-0.15, -0.1) is 0 Å². The number of nitrogens with two attached hydrogens (primary N) is 1. The van der Waals surface area contributed by atoms with Gasteiger partial charge in [-0.1, -0.05) is 15.9 Å². The maximum absolute atomic E-state index is 11.9. The van der Waals surface area contributed by atoms with E-state index in [-0.39, 0.29) is 10.6 Å². The number of alkyl halides is 3. The molecule has 0 saturated carbocycles. The first-order valence-electron chi connectivity index (χ1n) is 5.27. The van der Waals surface area contributed by atoms with Crippen LogP contribution in [0.15, 0.2) is 27.6 Å². The number of benzene rings is 1. The molecule has 11 heteroatoms. The molecule has 0 aromatic heterocycles. The van der Waals surface area contributed by atoms with Gasteiger partial charge in [0.2, 0.25) is 10.0 Å². The third kappa shape index (κ3) is 6.31. The number of rotatable bonds is 5. The van der Waals surface area contributed by atoms with Crippen LogP contribution >= 0.6 is 15.9 Å². The van der Waals surface area contributed by atoms with E-state index < -0.39 is 35.3 Å². The fraction of sp³-hybridized carbons (Fsp3) is 0.300. The Morgan fingerprint density at radius 1 is 1.38 bits per heavy atom. The molecule has 0 saturated heterocycles. The molecule has 1 aromatic carbocycles. The standard InChI is InChI=1S/C10H10BrF3N2O4S/c11-6-1-2-7(8(3-6)21(15,18)19)20-4-9(17)16-5-10(12,13)14/h1-3H,4-5H2,(H,16,17)(H2,15,18,19). The number of halogens is 4. The van der Waals surface area contributed by atoms with Crippen LogP contribution in [0.1, 0.15) is 0 Å². The van der Waals surface area contributed by atoms with E-state index >= 15 is 0 Å². The molecule has 0 aliphatic heterocycles. The highest BCUT2D eigenvalue weighted by Crippen LogP contribution is 2.26. The van der Waals surface area contributed by atoms with E-state index in [9.17, 15) is 26.4 Å². The van der Waals surface area contributed by atoms with Crippen molar-refractivity contribution in [3.05, 3.63) is 22.7 Å². The summed E-state index contributed by atoms with van der Waals surface area (Å²) in [5, 5.41) is 6.55. The molecule has 1 aromatic rings. The third-order valence-corrected chi connectivity index (χ3v) is 3.48. The SMILES string of the molecule is NS(=O)(=O)c1cc(Br)ccc1OCC(=O)NCC(F)(F)F. The smallest absolute Gasteiger partial charge is 0.405 e. The highest BCUT2D eigenvalue weighted by atomic mass is 79.9. The minimum absolute atomic E-state index is 0.233. The molecule has 0 atom stereocenters. The van der Waals surface area contributed by atoms with Crippen molar-refractivity contribution in [3.8, 4) is 5.75 Å². The van der Waals surface area contributed by atoms with Gasteiger partial charge in [-0.05, 0) is 18.2 Å². The van der Waals surface area contributed by atoms with E-state index in [1.54, 1.807) is 5.32 Å². The Morgan fingerprint density at radius 3 is 2.52 bits per heavy atom. The number of sulfonamides is 1. The van der Waals surface area contributed by atoms with Crippen molar-refractivity contribution in [1.82, 2.24) is 5.32 Å². The van der Waals surface area contributed by atoms with E-state index in [4.69, 9.17) is 9.88 Å². The summed E-state index contributed by atoms with van der Waals surface area (Å²) in [4.78, 5) is 10.8. The lowest BCUT2D eigenvalue weighted by Gasteiger charge is -2.11. The molecule has 0 spiro atoms. The van der Waals surface area contributed by atoms with Crippen LogP contribution in [0.2, 0.25) is 0 Å². The summed E-state index contributed by atoms with van der Waals surface area (Å²) < 4.78 is 63.6. The summed E-state index contributed by atoms with van der Waals surface area (Å²) in [6.45, 7) is -2.28. The van der Waals surface area contributed by atoms with E-state index in [1.165, 1.54) is 12.1 Å². The van der Waals surface area contributed by atoms with Crippen LogP contribution in [0.4, 0.5) is 13.2 Å². The lowest BCUT2D eigenvalue weighted by molar-refractivity contribution is -0.139. The van der Waals surface area contributed by atoms with Crippen molar-refractivity contribution in [2.75, 3.05) is 13.2 Å². The summed E-state index contributed by atoms with van der Waals surface area (Å²) >= 11 is 3.04. The third-order valence-electron chi connectivity index (χ3n) is 2.06. The zero-order chi connectivity index (χ0) is 16.3. The topological polar surface area (TPSA) is 98.5 Å². The molecule has 1 rings (SSSR count). The van der Waals surface area contributed by atoms with Crippen LogP contribution in [0, 0.1) is 0 Å². The summed E-state index contributed by atoms with van der Waals surface area (Å²) in [7, 11) is -4.11. The second-order valence-electron chi connectivity index (χ2n) is 3.82. The number of hydrogen-bond donors (Lipinski definition) is 2. The van der Waals surface area contributed by atoms with E-state index in [1.807, 2.05) is 0 Å². The van der Waals surface area contributed by atoms with Crippen LogP contribution in [0.25, 0.3) is 0 Å². The van der Waals surface area contributed by atoms with E-state index in [2.05, 4.69) is 15.9 Å². The van der Waals surface area contributed by atoms with Gasteiger partial charge in [0.25, 0.3) is 5.91 Å². The summed E-state index contributed by atoms with van der Waals surface area (Å²) in [6, 6.07) is 3.80. The molecule has 0 unspecified atom stereocenters. The van der Waals surface area contributed by atoms with Gasteiger partial charge >= 0.3 is 6.18 Å². The van der Waals surface area contributed by atoms with Crippen molar-refractivity contribution in [3.63, 3.8) is 0 Å². The predicted octanol–water partition coefficient (Wildman–Crippen LogP) is 1.15. The summed E-state index contributed by atoms with van der Waals surface area (Å²) in [5.41, 5.74) is 0. The average molecular weight is 391 g/mol. The highest BCUT2D eigenvalue weighted by molar-refractivity contribution is 9.10. The van der Waals surface area contributed by atoms with Gasteiger partial charge in [-0.25, -0.2) is 13.6 Å². The van der Waals surface area contributed by atoms with Crippen molar-refractivity contribution in [2.24, 2.45) is 5.14 Å². The lowest BCUT2D eigenvalue weighted by atomic mass is 10.3. The molecule has 118 valence electrons. The second kappa shape index (κ2) is 6.62. The summed E-state index contributed by atoms with van der Waals surface area (Å²) in [6.07, 6.45) is -4.54. The quantitative estimate of drug-likeness (QED) is 0.787. The monoisotopic (exact) mass is 390 g/mol. The van der Waals surface area contributed by atoms with Crippen molar-refractivity contribution < 1.29 is 31.1 Å². The molecule has 6 nitrogen and oxygen atoms in total. The first kappa shape index (κ1) is 17.7. The lowest BCUT2D eigenvalue weighted by Crippen LogP contribution is -2.36. The van der Waals surface area contributed by atoms with Gasteiger partial charge in [0.15, 0.2) is 6.61 Å². The van der Waals surface area contributed by atoms with Gasteiger partial charge in [-0.2, -0.15) is 13.2 Å². The van der Waals surface area contributed by atoms with Gasteiger partial charge in [-0.3, -0.25) is 4.79 Å². The number of hydrogen-bond acceptors (Lipinski definition) is 4. The zero-order valence-electron chi connectivity index (χ0n) is 10.3. The van der Waals surface area contributed by atoms with Crippen LogP contribution in [0.3, 0.4) is 0 Å². The van der Waals surface area contributed by atoms with Gasteiger partial charge in [0, 0.05) is 4.47 Å². The van der Waals surface area contributed by atoms with Gasteiger partial charge in [0.1, 0.15) is 17.2 Å². The maximum Gasteiger partial charge on any atom is 0.405 e. The Balaban J connectivity index is 2.74. The van der Waals surface area contributed by atoms with Gasteiger partial charge in [0.05, 0.1) is 0 Å². The molecule has 0 aliphatic rings. The van der Waals surface area contributed by atoms with Crippen LogP contribution in [-0.4, -0.2) is 33.7 Å². The minimum atomic E-state index is -4.54. The second-order valence-corrected chi connectivity index (χ2v) is 6.26. The van der Waals surface area contributed by atoms with E-state index in [0.717, 1.165) is 6.07 Å². The molecule has 0 radical (unpaired) electrons. The predicted molar refractivity (Wildman–Crippen MR) is 70.1 cm³/mol. The highest BCUT2D eigenvalue weighted by Gasteiger charge is 2.27. The Hall–Kier alpha value is -1.33. The van der Waals surface area contributed by atoms with Crippen molar-refractivity contribution >= 4 is 31.9 Å². The molecule has 0 heterocycles. The molecule has 1 amide bonds. The number of nitrogens with one attached hydrogen (secondary N) is 1. The molecule has 3 N–H and O–H groups in total. The van der Waals surface area contributed by atoms with Crippen LogP contribution in [0.5, 0.6) is 5.75 Å². The Kier molecular flexibility index (Phi) is 5.59. The molecular formula is C10H10BrF3N2O4S. The minimum Gasteiger partial charge on any atom is -0.482 e. The van der Waals surface area contributed by atoms with Crippen molar-refractivity contribution in [1.29, 1.82) is 0 Å². The molecular weight excluding hydrogens is 381 g/mol. The molecule has 21 heavy (non-hydrogen) atoms. The normalized spacial score (nSPS) is 12.0. The fourth-order valence-electron chi connectivity index (χ4n) is 1.22. The summed E-state index contributed by atoms with van der Waals surface area (Å²) in [5.74, 6) is -1.28. The number of carbonyl (C=O) groups is 1. The fourth-order valence-corrected chi connectivity index (χ4v) is 2.43. The number of ether oxygens (including phenoxy) is 1.